The van der Waals surface area contributed by atoms with E-state index in [4.69, 9.17) is 0 Å². The average Bonchev–Trinajstić information content (AvgIpc) is 2.67. The molecule has 0 bridgehead atoms. The zero-order valence-corrected chi connectivity index (χ0v) is 9.63. The molecule has 0 radical (unpaired) electrons. The largest absolute Gasteiger partial charge is 0.304 e. The summed E-state index contributed by atoms with van der Waals surface area (Å²) in [6, 6.07) is 9.53. The van der Waals surface area contributed by atoms with Crippen molar-refractivity contribution in [3.63, 3.8) is 0 Å². The fourth-order valence-electron chi connectivity index (χ4n) is 1.92. The van der Waals surface area contributed by atoms with E-state index in [1.165, 1.54) is 18.4 Å². The van der Waals surface area contributed by atoms with Crippen LogP contribution in [0.15, 0.2) is 41.4 Å². The highest BCUT2D eigenvalue weighted by atomic mass is 79.9. The van der Waals surface area contributed by atoms with Crippen LogP contribution in [-0.2, 0) is 0 Å². The first-order valence-electron chi connectivity index (χ1n) is 4.93. The molecule has 1 nitrogen and oxygen atoms in total. The van der Waals surface area contributed by atoms with Gasteiger partial charge in [-0.2, -0.15) is 0 Å². The van der Waals surface area contributed by atoms with E-state index in [9.17, 15) is 0 Å². The van der Waals surface area contributed by atoms with Crippen LogP contribution in [0.2, 0.25) is 0 Å². The lowest BCUT2D eigenvalue weighted by molar-refractivity contribution is 0.613. The summed E-state index contributed by atoms with van der Waals surface area (Å²) in [6.45, 7) is 3.81. The summed E-state index contributed by atoms with van der Waals surface area (Å²) in [4.78, 5) is 0. The predicted octanol–water partition coefficient (Wildman–Crippen LogP) is 3.43. The second-order valence-electron chi connectivity index (χ2n) is 3.69. The van der Waals surface area contributed by atoms with Crippen molar-refractivity contribution in [3.05, 3.63) is 47.0 Å². The number of halogens is 1. The van der Waals surface area contributed by atoms with Crippen LogP contribution in [0, 0.1) is 0 Å². The fourth-order valence-corrected chi connectivity index (χ4v) is 2.18. The van der Waals surface area contributed by atoms with Crippen LogP contribution < -0.4 is 5.32 Å². The minimum absolute atomic E-state index is 0.489. The highest BCUT2D eigenvalue weighted by molar-refractivity contribution is 9.10. The van der Waals surface area contributed by atoms with Gasteiger partial charge in [0.2, 0.25) is 0 Å². The maximum Gasteiger partial charge on any atom is 0.0326 e. The van der Waals surface area contributed by atoms with Crippen LogP contribution in [0.25, 0.3) is 0 Å². The lowest BCUT2D eigenvalue weighted by Crippen LogP contribution is -2.21. The molecule has 1 N–H and O–H groups in total. The molecule has 1 saturated heterocycles. The molecule has 0 unspecified atom stereocenters. The second-order valence-corrected chi connectivity index (χ2v) is 4.61. The van der Waals surface area contributed by atoms with E-state index in [2.05, 4.69) is 52.1 Å². The average molecular weight is 252 g/mol. The van der Waals surface area contributed by atoms with E-state index in [0.717, 1.165) is 4.47 Å². The van der Waals surface area contributed by atoms with Gasteiger partial charge < -0.3 is 5.32 Å². The highest BCUT2D eigenvalue weighted by Gasteiger charge is 2.22. The summed E-state index contributed by atoms with van der Waals surface area (Å²) in [5.74, 6) is 0. The first-order chi connectivity index (χ1) is 6.79. The molecule has 2 rings (SSSR count). The molecule has 0 aliphatic carbocycles. The Labute approximate surface area is 93.3 Å². The Morgan fingerprint density at radius 1 is 1.29 bits per heavy atom. The molecule has 0 amide bonds. The fraction of sp³-hybridized carbons (Fsp3) is 0.333. The molecule has 2 atom stereocenters. The molecule has 1 heterocycles. The molecule has 0 aromatic heterocycles. The van der Waals surface area contributed by atoms with Crippen LogP contribution >= 0.6 is 15.9 Å². The zero-order valence-electron chi connectivity index (χ0n) is 8.04. The minimum Gasteiger partial charge on any atom is -0.304 e. The Hall–Kier alpha value is -0.600. The summed E-state index contributed by atoms with van der Waals surface area (Å²) in [6.07, 6.45) is 4.40. The van der Waals surface area contributed by atoms with Gasteiger partial charge in [0.25, 0.3) is 0 Å². The van der Waals surface area contributed by atoms with E-state index in [1.54, 1.807) is 0 Å². The molecule has 1 fully saturated rings. The minimum atomic E-state index is 0.489. The van der Waals surface area contributed by atoms with E-state index >= 15 is 0 Å². The Morgan fingerprint density at radius 3 is 2.57 bits per heavy atom. The molecule has 2 heteroatoms. The number of hydrogen-bond acceptors (Lipinski definition) is 1. The van der Waals surface area contributed by atoms with Gasteiger partial charge in [0.15, 0.2) is 0 Å². The quantitative estimate of drug-likeness (QED) is 0.795. The molecule has 1 aliphatic rings. The maximum atomic E-state index is 3.81. The smallest absolute Gasteiger partial charge is 0.0326 e. The second kappa shape index (κ2) is 4.28. The third kappa shape index (κ3) is 2.07. The number of hydrogen-bond donors (Lipinski definition) is 1. The topological polar surface area (TPSA) is 12.0 Å². The van der Waals surface area contributed by atoms with Crippen molar-refractivity contribution in [1.82, 2.24) is 5.32 Å². The monoisotopic (exact) mass is 251 g/mol. The van der Waals surface area contributed by atoms with Gasteiger partial charge in [0.05, 0.1) is 0 Å². The van der Waals surface area contributed by atoms with Crippen molar-refractivity contribution in [3.8, 4) is 0 Å². The van der Waals surface area contributed by atoms with Gasteiger partial charge in [-0.05, 0) is 30.5 Å². The van der Waals surface area contributed by atoms with Gasteiger partial charge >= 0.3 is 0 Å². The standard InChI is InChI=1S/C12H14BrN/c1-2-11-7-8-12(14-11)9-3-5-10(13)6-4-9/h2-6,11-12,14H,1,7-8H2/t11-,12-/m1/s1. The first-order valence-corrected chi connectivity index (χ1v) is 5.73. The lowest BCUT2D eigenvalue weighted by atomic mass is 10.1. The predicted molar refractivity (Wildman–Crippen MR) is 63.2 cm³/mol. The van der Waals surface area contributed by atoms with E-state index in [-0.39, 0.29) is 0 Å². The molecule has 1 aromatic rings. The van der Waals surface area contributed by atoms with Crippen molar-refractivity contribution < 1.29 is 0 Å². The van der Waals surface area contributed by atoms with Crippen molar-refractivity contribution >= 4 is 15.9 Å². The normalized spacial score (nSPS) is 26.4. The molecule has 1 aromatic carbocycles. The third-order valence-corrected chi connectivity index (χ3v) is 3.27. The molecular formula is C12H14BrN. The van der Waals surface area contributed by atoms with Crippen molar-refractivity contribution in [2.24, 2.45) is 0 Å². The van der Waals surface area contributed by atoms with Gasteiger partial charge in [-0.15, -0.1) is 6.58 Å². The molecule has 14 heavy (non-hydrogen) atoms. The Bertz CT molecular complexity index is 318. The van der Waals surface area contributed by atoms with Crippen LogP contribution in [0.5, 0.6) is 0 Å². The number of rotatable bonds is 2. The molecule has 74 valence electrons. The van der Waals surface area contributed by atoms with Gasteiger partial charge in [-0.3, -0.25) is 0 Å². The lowest BCUT2D eigenvalue weighted by Gasteiger charge is -2.12. The van der Waals surface area contributed by atoms with Crippen LogP contribution in [0.4, 0.5) is 0 Å². The number of benzene rings is 1. The maximum absolute atomic E-state index is 3.81. The molecular weight excluding hydrogens is 238 g/mol. The summed E-state index contributed by atoms with van der Waals surface area (Å²) in [7, 11) is 0. The SMILES string of the molecule is C=C[C@@H]1CC[C@H](c2ccc(Br)cc2)N1. The summed E-state index contributed by atoms with van der Waals surface area (Å²) in [5, 5.41) is 3.54. The van der Waals surface area contributed by atoms with Crippen LogP contribution in [0.3, 0.4) is 0 Å². The molecule has 0 saturated carbocycles. The molecule has 1 aliphatic heterocycles. The summed E-state index contributed by atoms with van der Waals surface area (Å²) >= 11 is 3.44. The molecule has 0 spiro atoms. The van der Waals surface area contributed by atoms with Gasteiger partial charge in [-0.25, -0.2) is 0 Å². The van der Waals surface area contributed by atoms with E-state index in [0.29, 0.717) is 12.1 Å². The van der Waals surface area contributed by atoms with E-state index < -0.39 is 0 Å². The van der Waals surface area contributed by atoms with Crippen molar-refractivity contribution in [2.45, 2.75) is 24.9 Å². The third-order valence-electron chi connectivity index (χ3n) is 2.74. The van der Waals surface area contributed by atoms with Crippen molar-refractivity contribution in [1.29, 1.82) is 0 Å². The highest BCUT2D eigenvalue weighted by Crippen LogP contribution is 2.27. The zero-order chi connectivity index (χ0) is 9.97. The summed E-state index contributed by atoms with van der Waals surface area (Å²) in [5.41, 5.74) is 1.37. The van der Waals surface area contributed by atoms with E-state index in [1.807, 2.05) is 6.08 Å². The van der Waals surface area contributed by atoms with Gasteiger partial charge in [-0.1, -0.05) is 34.1 Å². The Morgan fingerprint density at radius 2 is 2.00 bits per heavy atom. The summed E-state index contributed by atoms with van der Waals surface area (Å²) < 4.78 is 1.14. The van der Waals surface area contributed by atoms with Gasteiger partial charge in [0.1, 0.15) is 0 Å². The first kappa shape index (κ1) is 9.94. The van der Waals surface area contributed by atoms with Gasteiger partial charge in [0, 0.05) is 16.6 Å². The Balaban J connectivity index is 2.09. The van der Waals surface area contributed by atoms with Crippen LogP contribution in [0.1, 0.15) is 24.4 Å². The van der Waals surface area contributed by atoms with Crippen molar-refractivity contribution in [2.75, 3.05) is 0 Å². The Kier molecular flexibility index (Phi) is 3.04. The van der Waals surface area contributed by atoms with Crippen LogP contribution in [-0.4, -0.2) is 6.04 Å². The number of nitrogens with one attached hydrogen (secondary N) is 1.